The molecule has 0 radical (unpaired) electrons. The van der Waals surface area contributed by atoms with E-state index < -0.39 is 0 Å². The van der Waals surface area contributed by atoms with Gasteiger partial charge in [0.25, 0.3) is 0 Å². The summed E-state index contributed by atoms with van der Waals surface area (Å²) >= 11 is 0. The van der Waals surface area contributed by atoms with E-state index in [0.29, 0.717) is 0 Å². The summed E-state index contributed by atoms with van der Waals surface area (Å²) in [7, 11) is 0. The third-order valence-electron chi connectivity index (χ3n) is 10.2. The topological polar surface area (TPSA) is 48.5 Å². The van der Waals surface area contributed by atoms with Crippen molar-refractivity contribution in [3.63, 3.8) is 0 Å². The van der Waals surface area contributed by atoms with E-state index in [-0.39, 0.29) is 0 Å². The molecule has 0 saturated carbocycles. The number of rotatable bonds is 2. The normalized spacial score (nSPS) is 12.6. The smallest absolute Gasteiger partial charge is 0.160 e. The van der Waals surface area contributed by atoms with Crippen molar-refractivity contribution in [3.05, 3.63) is 140 Å². The fourth-order valence-electron chi connectivity index (χ4n) is 8.24. The fraction of sp³-hybridized carbons (Fsp3) is 0. The lowest BCUT2D eigenvalue weighted by atomic mass is 10.0. The molecule has 0 saturated heterocycles. The second kappa shape index (κ2) is 8.60. The van der Waals surface area contributed by atoms with Crippen LogP contribution in [0.25, 0.3) is 110 Å². The second-order valence-electron chi connectivity index (χ2n) is 12.7. The van der Waals surface area contributed by atoms with Crippen molar-refractivity contribution in [2.24, 2.45) is 0 Å². The Labute approximate surface area is 271 Å². The summed E-state index contributed by atoms with van der Waals surface area (Å²) in [6.07, 6.45) is 0. The fourth-order valence-corrected chi connectivity index (χ4v) is 8.24. The Morgan fingerprint density at radius 2 is 0.979 bits per heavy atom. The zero-order valence-electron chi connectivity index (χ0n) is 25.4. The van der Waals surface area contributed by atoms with E-state index in [4.69, 9.17) is 13.8 Å². The molecule has 0 fully saturated rings. The number of benzene rings is 7. The first-order valence-electron chi connectivity index (χ1n) is 16.2. The molecule has 5 heteroatoms. The Kier molecular flexibility index (Phi) is 4.41. The predicted octanol–water partition coefficient (Wildman–Crippen LogP) is 11.6. The van der Waals surface area contributed by atoms with Crippen LogP contribution in [0.5, 0.6) is 0 Å². The highest BCUT2D eigenvalue weighted by Gasteiger charge is 2.26. The van der Waals surface area contributed by atoms with Crippen molar-refractivity contribution in [2.75, 3.05) is 0 Å². The van der Waals surface area contributed by atoms with Gasteiger partial charge in [-0.05, 0) is 60.7 Å². The minimum Gasteiger partial charge on any atom is -0.454 e. The van der Waals surface area contributed by atoms with Crippen LogP contribution in [0.4, 0.5) is 0 Å². The standard InChI is InChI=1S/C43H23N3O2/c1-2-10-25(11-3-1)45-35-15-7-6-14-34(35)44-43(45)24-22-32-28-18-20-30-26-12-4-8-16-36(26)47-41(30)39(28)46-38(32)33(23-24)29-19-21-31-27-13-5-9-17-37(27)48-42(31)40(29)46/h1-23H. The lowest BCUT2D eigenvalue weighted by Gasteiger charge is -2.10. The molecule has 0 amide bonds. The van der Waals surface area contributed by atoms with Crippen LogP contribution in [0.3, 0.4) is 0 Å². The maximum absolute atomic E-state index is 6.71. The van der Waals surface area contributed by atoms with E-state index in [9.17, 15) is 0 Å². The summed E-state index contributed by atoms with van der Waals surface area (Å²) < 4.78 is 18.1. The summed E-state index contributed by atoms with van der Waals surface area (Å²) in [6.45, 7) is 0. The summed E-state index contributed by atoms with van der Waals surface area (Å²) in [4.78, 5) is 5.26. The minimum absolute atomic E-state index is 0.884. The van der Waals surface area contributed by atoms with Crippen molar-refractivity contribution in [2.45, 2.75) is 0 Å². The Morgan fingerprint density at radius 3 is 1.62 bits per heavy atom. The van der Waals surface area contributed by atoms with Gasteiger partial charge in [0.2, 0.25) is 0 Å². The van der Waals surface area contributed by atoms with Gasteiger partial charge in [-0.25, -0.2) is 4.98 Å². The SMILES string of the molecule is c1ccc(-n2c(-c3cc4c5ccc6c7ccccc7oc6c5n5c4c(c3)c3ccc4c6ccccc6oc4c35)nc3ccccc32)cc1. The van der Waals surface area contributed by atoms with Gasteiger partial charge in [-0.1, -0.05) is 78.9 Å². The Morgan fingerprint density at radius 1 is 0.438 bits per heavy atom. The molecule has 48 heavy (non-hydrogen) atoms. The lowest BCUT2D eigenvalue weighted by Crippen LogP contribution is -1.97. The molecule has 12 rings (SSSR count). The molecule has 0 bridgehead atoms. The highest BCUT2D eigenvalue weighted by Crippen LogP contribution is 2.47. The number of hydrogen-bond donors (Lipinski definition) is 0. The van der Waals surface area contributed by atoms with Gasteiger partial charge in [-0.2, -0.15) is 0 Å². The molecular weight excluding hydrogens is 590 g/mol. The average Bonchev–Trinajstić information content (AvgIpc) is 3.94. The molecule has 5 aromatic heterocycles. The summed E-state index contributed by atoms with van der Waals surface area (Å²) in [5.41, 5.74) is 11.0. The second-order valence-corrected chi connectivity index (χ2v) is 12.7. The first kappa shape index (κ1) is 24.6. The van der Waals surface area contributed by atoms with E-state index in [1.165, 1.54) is 0 Å². The number of fused-ring (bicyclic) bond motifs is 15. The number of para-hydroxylation sites is 5. The Hall–Kier alpha value is -6.59. The van der Waals surface area contributed by atoms with Crippen molar-refractivity contribution in [1.29, 1.82) is 0 Å². The van der Waals surface area contributed by atoms with Gasteiger partial charge in [-0.3, -0.25) is 4.57 Å². The van der Waals surface area contributed by atoms with Crippen molar-refractivity contribution in [1.82, 2.24) is 14.0 Å². The highest BCUT2D eigenvalue weighted by atomic mass is 16.3. The molecule has 0 spiro atoms. The van der Waals surface area contributed by atoms with Crippen LogP contribution >= 0.6 is 0 Å². The predicted molar refractivity (Wildman–Crippen MR) is 196 cm³/mol. The van der Waals surface area contributed by atoms with Gasteiger partial charge >= 0.3 is 0 Å². The van der Waals surface area contributed by atoms with Gasteiger partial charge in [-0.15, -0.1) is 0 Å². The molecule has 0 unspecified atom stereocenters. The Bertz CT molecular complexity index is 3130. The molecule has 5 heterocycles. The van der Waals surface area contributed by atoms with Gasteiger partial charge in [0.15, 0.2) is 11.2 Å². The van der Waals surface area contributed by atoms with E-state index in [2.05, 4.69) is 136 Å². The number of imidazole rings is 1. The minimum atomic E-state index is 0.884. The summed E-state index contributed by atoms with van der Waals surface area (Å²) in [6, 6.07) is 49.1. The molecule has 0 aliphatic rings. The maximum Gasteiger partial charge on any atom is 0.160 e. The summed E-state index contributed by atoms with van der Waals surface area (Å²) in [5.74, 6) is 0.907. The molecule has 0 N–H and O–H groups in total. The number of aromatic nitrogens is 3. The van der Waals surface area contributed by atoms with Crippen molar-refractivity contribution in [3.8, 4) is 17.1 Å². The molecule has 12 aromatic rings. The van der Waals surface area contributed by atoms with Crippen LogP contribution in [0, 0.1) is 0 Å². The molecule has 0 atom stereocenters. The zero-order chi connectivity index (χ0) is 31.1. The van der Waals surface area contributed by atoms with E-state index in [0.717, 1.165) is 110 Å². The molecule has 0 aliphatic carbocycles. The van der Waals surface area contributed by atoms with E-state index >= 15 is 0 Å². The quantitative estimate of drug-likeness (QED) is 0.195. The van der Waals surface area contributed by atoms with E-state index in [1.54, 1.807) is 0 Å². The number of hydrogen-bond acceptors (Lipinski definition) is 3. The van der Waals surface area contributed by atoms with E-state index in [1.807, 2.05) is 12.1 Å². The van der Waals surface area contributed by atoms with Crippen LogP contribution < -0.4 is 0 Å². The third kappa shape index (κ3) is 2.95. The van der Waals surface area contributed by atoms with Crippen LogP contribution in [-0.2, 0) is 0 Å². The van der Waals surface area contributed by atoms with Crippen LogP contribution in [0.2, 0.25) is 0 Å². The largest absolute Gasteiger partial charge is 0.454 e. The molecule has 5 nitrogen and oxygen atoms in total. The lowest BCUT2D eigenvalue weighted by molar-refractivity contribution is 0.670. The summed E-state index contributed by atoms with van der Waals surface area (Å²) in [5, 5.41) is 9.04. The van der Waals surface area contributed by atoms with Gasteiger partial charge < -0.3 is 13.2 Å². The third-order valence-corrected chi connectivity index (χ3v) is 10.2. The average molecular weight is 614 g/mol. The Balaban J connectivity index is 1.31. The van der Waals surface area contributed by atoms with Gasteiger partial charge in [0, 0.05) is 54.3 Å². The first-order valence-corrected chi connectivity index (χ1v) is 16.2. The number of nitrogens with zero attached hydrogens (tertiary/aromatic N) is 3. The molecule has 222 valence electrons. The van der Waals surface area contributed by atoms with Crippen molar-refractivity contribution >= 4 is 93.0 Å². The van der Waals surface area contributed by atoms with Gasteiger partial charge in [0.05, 0.1) is 27.6 Å². The number of furan rings is 2. The molecular formula is C43H23N3O2. The van der Waals surface area contributed by atoms with Crippen molar-refractivity contribution < 1.29 is 8.83 Å². The van der Waals surface area contributed by atoms with Crippen LogP contribution in [-0.4, -0.2) is 14.0 Å². The first-order chi connectivity index (χ1) is 23.8. The zero-order valence-corrected chi connectivity index (χ0v) is 25.4. The molecule has 0 aliphatic heterocycles. The van der Waals surface area contributed by atoms with Crippen LogP contribution in [0.15, 0.2) is 148 Å². The van der Waals surface area contributed by atoms with Crippen LogP contribution in [0.1, 0.15) is 0 Å². The highest BCUT2D eigenvalue weighted by molar-refractivity contribution is 6.31. The molecule has 7 aromatic carbocycles. The monoisotopic (exact) mass is 613 g/mol. The van der Waals surface area contributed by atoms with Gasteiger partial charge in [0.1, 0.15) is 17.0 Å². The maximum atomic E-state index is 6.71.